The minimum absolute atomic E-state index is 0.290. The van der Waals surface area contributed by atoms with E-state index in [1.807, 2.05) is 20.8 Å². The van der Waals surface area contributed by atoms with Crippen LogP contribution in [0.2, 0.25) is 0 Å². The van der Waals surface area contributed by atoms with Crippen LogP contribution in [0.1, 0.15) is 20.8 Å². The van der Waals surface area contributed by atoms with E-state index in [2.05, 4.69) is 0 Å². The fraction of sp³-hybridized carbons (Fsp3) is 0.462. The summed E-state index contributed by atoms with van der Waals surface area (Å²) in [4.78, 5) is 12.5. The molecule has 0 aliphatic heterocycles. The zero-order valence-corrected chi connectivity index (χ0v) is 10.5. The van der Waals surface area contributed by atoms with Crippen molar-refractivity contribution in [3.05, 3.63) is 24.3 Å². The molecule has 1 aromatic rings. The second-order valence-corrected chi connectivity index (χ2v) is 4.21. The molecule has 0 saturated heterocycles. The lowest BCUT2D eigenvalue weighted by atomic mass is 10.2. The van der Waals surface area contributed by atoms with Gasteiger partial charge in [0, 0.05) is 12.2 Å². The van der Waals surface area contributed by atoms with Crippen molar-refractivity contribution >= 4 is 11.8 Å². The van der Waals surface area contributed by atoms with E-state index in [-0.39, 0.29) is 5.92 Å². The van der Waals surface area contributed by atoms with Crippen LogP contribution in [0.4, 0.5) is 10.5 Å². The average Bonchev–Trinajstić information content (AvgIpc) is 2.27. The molecule has 0 unspecified atom stereocenters. The third kappa shape index (κ3) is 3.98. The first kappa shape index (κ1) is 13.4. The highest BCUT2D eigenvalue weighted by Gasteiger charge is 2.15. The number of hydrogen-bond donors (Lipinski definition) is 1. The van der Waals surface area contributed by atoms with Crippen molar-refractivity contribution in [2.75, 3.05) is 18.1 Å². The van der Waals surface area contributed by atoms with Crippen molar-refractivity contribution in [2.24, 2.45) is 5.92 Å². The van der Waals surface area contributed by atoms with Crippen LogP contribution in [0.3, 0.4) is 0 Å². The van der Waals surface area contributed by atoms with Gasteiger partial charge in [-0.15, -0.1) is 0 Å². The standard InChI is InChI=1S/C13H19NO3/c1-4-17-12-7-5-11(6-8-12)14(13(15)16)9-10(2)3/h5-8,10H,4,9H2,1-3H3,(H,15,16). The zero-order valence-electron chi connectivity index (χ0n) is 10.5. The van der Waals surface area contributed by atoms with Gasteiger partial charge in [0.05, 0.1) is 6.61 Å². The van der Waals surface area contributed by atoms with Gasteiger partial charge in [-0.05, 0) is 37.1 Å². The highest BCUT2D eigenvalue weighted by Crippen LogP contribution is 2.20. The molecule has 1 rings (SSSR count). The molecule has 1 aromatic carbocycles. The summed E-state index contributed by atoms with van der Waals surface area (Å²) in [5.41, 5.74) is 0.676. The molecular weight excluding hydrogens is 218 g/mol. The van der Waals surface area contributed by atoms with Crippen LogP contribution < -0.4 is 9.64 Å². The topological polar surface area (TPSA) is 49.8 Å². The molecular formula is C13H19NO3. The zero-order chi connectivity index (χ0) is 12.8. The minimum atomic E-state index is -0.928. The van der Waals surface area contributed by atoms with E-state index in [1.54, 1.807) is 24.3 Å². The van der Waals surface area contributed by atoms with Gasteiger partial charge in [-0.1, -0.05) is 13.8 Å². The smallest absolute Gasteiger partial charge is 0.411 e. The fourth-order valence-electron chi connectivity index (χ4n) is 1.55. The maximum Gasteiger partial charge on any atom is 0.411 e. The Kier molecular flexibility index (Phi) is 4.82. The summed E-state index contributed by atoms with van der Waals surface area (Å²) in [6.45, 7) is 6.99. The quantitative estimate of drug-likeness (QED) is 0.855. The second kappa shape index (κ2) is 6.13. The van der Waals surface area contributed by atoms with Crippen molar-refractivity contribution in [1.82, 2.24) is 0 Å². The Balaban J connectivity index is 2.83. The summed E-state index contributed by atoms with van der Waals surface area (Å²) in [5, 5.41) is 9.14. The highest BCUT2D eigenvalue weighted by atomic mass is 16.5. The molecule has 0 atom stereocenters. The van der Waals surface area contributed by atoms with Gasteiger partial charge in [-0.2, -0.15) is 0 Å². The number of benzene rings is 1. The molecule has 0 fully saturated rings. The van der Waals surface area contributed by atoms with Crippen LogP contribution in [-0.4, -0.2) is 24.4 Å². The lowest BCUT2D eigenvalue weighted by molar-refractivity contribution is 0.201. The first-order valence-corrected chi connectivity index (χ1v) is 5.78. The number of carbonyl (C=O) groups is 1. The molecule has 1 N–H and O–H groups in total. The maximum atomic E-state index is 11.1. The van der Waals surface area contributed by atoms with Gasteiger partial charge < -0.3 is 9.84 Å². The van der Waals surface area contributed by atoms with E-state index in [0.717, 1.165) is 5.75 Å². The summed E-state index contributed by atoms with van der Waals surface area (Å²) >= 11 is 0. The number of nitrogens with zero attached hydrogens (tertiary/aromatic N) is 1. The molecule has 17 heavy (non-hydrogen) atoms. The van der Waals surface area contributed by atoms with Crippen LogP contribution in [0.5, 0.6) is 5.75 Å². The number of amides is 1. The molecule has 0 bridgehead atoms. The Morgan fingerprint density at radius 3 is 2.35 bits per heavy atom. The summed E-state index contributed by atoms with van der Waals surface area (Å²) in [7, 11) is 0. The highest BCUT2D eigenvalue weighted by molar-refractivity contribution is 5.86. The Labute approximate surface area is 102 Å². The van der Waals surface area contributed by atoms with Crippen molar-refractivity contribution < 1.29 is 14.6 Å². The second-order valence-electron chi connectivity index (χ2n) is 4.21. The third-order valence-corrected chi connectivity index (χ3v) is 2.24. The number of rotatable bonds is 5. The van der Waals surface area contributed by atoms with Crippen molar-refractivity contribution in [2.45, 2.75) is 20.8 Å². The van der Waals surface area contributed by atoms with Gasteiger partial charge in [0.2, 0.25) is 0 Å². The molecule has 0 radical (unpaired) electrons. The Bertz CT molecular complexity index is 359. The SMILES string of the molecule is CCOc1ccc(N(CC(C)C)C(=O)O)cc1. The molecule has 0 aliphatic rings. The lowest BCUT2D eigenvalue weighted by Gasteiger charge is -2.21. The largest absolute Gasteiger partial charge is 0.494 e. The molecule has 94 valence electrons. The van der Waals surface area contributed by atoms with Crippen molar-refractivity contribution in [1.29, 1.82) is 0 Å². The Morgan fingerprint density at radius 1 is 1.35 bits per heavy atom. The third-order valence-electron chi connectivity index (χ3n) is 2.24. The fourth-order valence-corrected chi connectivity index (χ4v) is 1.55. The van der Waals surface area contributed by atoms with E-state index < -0.39 is 6.09 Å². The molecule has 1 amide bonds. The summed E-state index contributed by atoms with van der Waals surface area (Å²) in [5.74, 6) is 1.05. The normalized spacial score (nSPS) is 10.4. The molecule has 0 aliphatic carbocycles. The predicted molar refractivity (Wildman–Crippen MR) is 67.8 cm³/mol. The van der Waals surface area contributed by atoms with Crippen LogP contribution in [0.25, 0.3) is 0 Å². The van der Waals surface area contributed by atoms with Crippen LogP contribution in [0, 0.1) is 5.92 Å². The summed E-state index contributed by atoms with van der Waals surface area (Å²) in [6, 6.07) is 7.10. The Hall–Kier alpha value is -1.71. The van der Waals surface area contributed by atoms with E-state index in [4.69, 9.17) is 9.84 Å². The van der Waals surface area contributed by atoms with Gasteiger partial charge in [0.25, 0.3) is 0 Å². The minimum Gasteiger partial charge on any atom is -0.494 e. The molecule has 0 aromatic heterocycles. The maximum absolute atomic E-state index is 11.1. The van der Waals surface area contributed by atoms with Gasteiger partial charge >= 0.3 is 6.09 Å². The van der Waals surface area contributed by atoms with Gasteiger partial charge in [0.15, 0.2) is 0 Å². The van der Waals surface area contributed by atoms with E-state index in [9.17, 15) is 4.79 Å². The first-order valence-electron chi connectivity index (χ1n) is 5.78. The lowest BCUT2D eigenvalue weighted by Crippen LogP contribution is -2.32. The molecule has 0 saturated carbocycles. The molecule has 4 nitrogen and oxygen atoms in total. The van der Waals surface area contributed by atoms with Crippen molar-refractivity contribution in [3.63, 3.8) is 0 Å². The van der Waals surface area contributed by atoms with Gasteiger partial charge in [-0.25, -0.2) is 4.79 Å². The van der Waals surface area contributed by atoms with E-state index >= 15 is 0 Å². The predicted octanol–water partition coefficient (Wildman–Crippen LogP) is 3.23. The van der Waals surface area contributed by atoms with Gasteiger partial charge in [-0.3, -0.25) is 4.90 Å². The number of anilines is 1. The van der Waals surface area contributed by atoms with Crippen LogP contribution in [-0.2, 0) is 0 Å². The van der Waals surface area contributed by atoms with Gasteiger partial charge in [0.1, 0.15) is 5.75 Å². The van der Waals surface area contributed by atoms with Crippen LogP contribution >= 0.6 is 0 Å². The molecule has 0 heterocycles. The number of ether oxygens (including phenoxy) is 1. The monoisotopic (exact) mass is 237 g/mol. The van der Waals surface area contributed by atoms with Crippen molar-refractivity contribution in [3.8, 4) is 5.75 Å². The van der Waals surface area contributed by atoms with E-state index in [1.165, 1.54) is 4.90 Å². The van der Waals surface area contributed by atoms with Crippen LogP contribution in [0.15, 0.2) is 24.3 Å². The summed E-state index contributed by atoms with van der Waals surface area (Å²) < 4.78 is 5.32. The average molecular weight is 237 g/mol. The number of hydrogen-bond acceptors (Lipinski definition) is 2. The molecule has 4 heteroatoms. The molecule has 0 spiro atoms. The van der Waals surface area contributed by atoms with E-state index in [0.29, 0.717) is 18.8 Å². The first-order chi connectivity index (χ1) is 8.04. The number of carboxylic acid groups (broad SMARTS) is 1. The Morgan fingerprint density at radius 2 is 1.94 bits per heavy atom. The summed E-state index contributed by atoms with van der Waals surface area (Å²) in [6.07, 6.45) is -0.928.